The molecule has 6 atom stereocenters. The Labute approximate surface area is 396 Å². The number of phosphoric ester groups is 1. The summed E-state index contributed by atoms with van der Waals surface area (Å²) in [6, 6.07) is 0. The van der Waals surface area contributed by atoms with Gasteiger partial charge in [-0.15, -0.1) is 0 Å². The molecule has 65 heavy (non-hydrogen) atoms. The van der Waals surface area contributed by atoms with Gasteiger partial charge in [0, 0.05) is 13.0 Å². The third kappa shape index (κ3) is 34.7. The van der Waals surface area contributed by atoms with Gasteiger partial charge >= 0.3 is 13.8 Å². The third-order valence-corrected chi connectivity index (χ3v) is 13.6. The van der Waals surface area contributed by atoms with Crippen molar-refractivity contribution in [2.24, 2.45) is 0 Å². The zero-order valence-corrected chi connectivity index (χ0v) is 42.2. The highest BCUT2D eigenvalue weighted by Crippen LogP contribution is 2.47. The minimum atomic E-state index is -5.02. The van der Waals surface area contributed by atoms with E-state index in [1.165, 1.54) is 148 Å². The monoisotopic (exact) mass is 947 g/mol. The lowest BCUT2D eigenvalue weighted by molar-refractivity contribution is -0.220. The van der Waals surface area contributed by atoms with Gasteiger partial charge in [0.1, 0.15) is 42.7 Å². The summed E-state index contributed by atoms with van der Waals surface area (Å²) in [5.41, 5.74) is 0. The number of unbranched alkanes of at least 4 members (excludes halogenated alkanes) is 30. The number of allylic oxidation sites excluding steroid dienone is 4. The molecule has 0 aromatic rings. The minimum Gasteiger partial charge on any atom is -0.457 e. The zero-order valence-electron chi connectivity index (χ0n) is 41.3. The fraction of sp³-hybridized carbons (Fsp3) is 0.904. The van der Waals surface area contributed by atoms with Crippen molar-refractivity contribution in [3.63, 3.8) is 0 Å². The van der Waals surface area contributed by atoms with Gasteiger partial charge in [-0.3, -0.25) is 13.8 Å². The smallest absolute Gasteiger partial charge is 0.457 e. The SMILES string of the molecule is CCCCCC/C=C\C/C=C\CCCCCCCC(=O)OC(COCCCCCCCCCCCCCCCCCCCCCCCC)COP(=O)(O)OC1C(O)C(O)C(O)C(O)C1O. The molecule has 0 amide bonds. The van der Waals surface area contributed by atoms with Gasteiger partial charge in [-0.2, -0.15) is 0 Å². The fourth-order valence-corrected chi connectivity index (χ4v) is 9.30. The van der Waals surface area contributed by atoms with E-state index < -0.39 is 63.1 Å². The first-order chi connectivity index (χ1) is 31.5. The topological polar surface area (TPSA) is 192 Å². The molecule has 13 heteroatoms. The van der Waals surface area contributed by atoms with Crippen LogP contribution < -0.4 is 0 Å². The predicted octanol–water partition coefficient (Wildman–Crippen LogP) is 12.0. The van der Waals surface area contributed by atoms with Crippen molar-refractivity contribution in [3.05, 3.63) is 24.3 Å². The fourth-order valence-electron chi connectivity index (χ4n) is 8.33. The summed E-state index contributed by atoms with van der Waals surface area (Å²) in [7, 11) is -5.02. The van der Waals surface area contributed by atoms with E-state index in [4.69, 9.17) is 18.5 Å². The maximum Gasteiger partial charge on any atom is 0.472 e. The number of ether oxygens (including phenoxy) is 2. The summed E-state index contributed by atoms with van der Waals surface area (Å²) in [6.07, 6.45) is 38.2. The molecule has 0 radical (unpaired) electrons. The number of hydrogen-bond donors (Lipinski definition) is 6. The Bertz CT molecular complexity index is 1170. The van der Waals surface area contributed by atoms with Crippen LogP contribution in [0.25, 0.3) is 0 Å². The van der Waals surface area contributed by atoms with Crippen molar-refractivity contribution >= 4 is 13.8 Å². The van der Waals surface area contributed by atoms with Gasteiger partial charge in [0.05, 0.1) is 13.2 Å². The maximum absolute atomic E-state index is 12.9. The van der Waals surface area contributed by atoms with Gasteiger partial charge in [0.25, 0.3) is 0 Å². The van der Waals surface area contributed by atoms with Gasteiger partial charge in [-0.05, 0) is 44.9 Å². The highest BCUT2D eigenvalue weighted by molar-refractivity contribution is 7.47. The van der Waals surface area contributed by atoms with Crippen molar-refractivity contribution < 1.29 is 58.3 Å². The van der Waals surface area contributed by atoms with Crippen LogP contribution in [0.2, 0.25) is 0 Å². The summed E-state index contributed by atoms with van der Waals surface area (Å²) in [4.78, 5) is 23.2. The maximum atomic E-state index is 12.9. The number of rotatable bonds is 46. The van der Waals surface area contributed by atoms with E-state index in [1.807, 2.05) is 0 Å². The van der Waals surface area contributed by atoms with E-state index >= 15 is 0 Å². The summed E-state index contributed by atoms with van der Waals surface area (Å²) in [6.45, 7) is 4.27. The number of aliphatic hydroxyl groups excluding tert-OH is 5. The van der Waals surface area contributed by atoms with Gasteiger partial charge in [-0.1, -0.05) is 212 Å². The molecule has 384 valence electrons. The lowest BCUT2D eigenvalue weighted by Crippen LogP contribution is -2.64. The van der Waals surface area contributed by atoms with Crippen molar-refractivity contribution in [1.82, 2.24) is 0 Å². The first-order valence-electron chi connectivity index (χ1n) is 26.7. The second-order valence-corrected chi connectivity index (χ2v) is 20.1. The van der Waals surface area contributed by atoms with Crippen LogP contribution in [0.5, 0.6) is 0 Å². The molecule has 0 heterocycles. The molecular weight excluding hydrogens is 848 g/mol. The lowest BCUT2D eigenvalue weighted by atomic mass is 9.85. The number of esters is 1. The van der Waals surface area contributed by atoms with Crippen LogP contribution in [0.15, 0.2) is 24.3 Å². The Kier molecular flexibility index (Phi) is 40.8. The van der Waals surface area contributed by atoms with Crippen molar-refractivity contribution in [2.45, 2.75) is 281 Å². The lowest BCUT2D eigenvalue weighted by Gasteiger charge is -2.41. The standard InChI is InChI=1S/C52H99O12P/c1-3-5-7-9-11-13-15-17-19-21-22-23-24-25-26-28-30-32-34-36-38-40-42-61-43-45(44-62-65(59,60)64-52-50(57)48(55)47(54)49(56)51(52)58)63-46(53)41-39-37-35-33-31-29-27-20-18-16-14-12-10-8-6-4-2/h14,16,20,27,45,47-52,54-58H,3-13,15,17-19,21-26,28-44H2,1-2H3,(H,59,60)/b16-14-,27-20-. The first kappa shape index (κ1) is 61.8. The third-order valence-electron chi connectivity index (χ3n) is 12.6. The van der Waals surface area contributed by atoms with Crippen LogP contribution in [0.1, 0.15) is 239 Å². The van der Waals surface area contributed by atoms with Gasteiger partial charge in [0.2, 0.25) is 0 Å². The average Bonchev–Trinajstić information content (AvgIpc) is 3.29. The average molecular weight is 947 g/mol. The molecule has 1 saturated carbocycles. The van der Waals surface area contributed by atoms with Crippen molar-refractivity contribution in [3.8, 4) is 0 Å². The van der Waals surface area contributed by atoms with E-state index in [2.05, 4.69) is 38.2 Å². The molecule has 1 fully saturated rings. The molecule has 0 aromatic heterocycles. The first-order valence-corrected chi connectivity index (χ1v) is 28.2. The molecule has 0 saturated heterocycles. The molecule has 6 N–H and O–H groups in total. The van der Waals surface area contributed by atoms with Gasteiger partial charge in [0.15, 0.2) is 0 Å². The van der Waals surface area contributed by atoms with E-state index in [-0.39, 0.29) is 13.0 Å². The summed E-state index contributed by atoms with van der Waals surface area (Å²) >= 11 is 0. The normalized spacial score (nSPS) is 21.7. The highest BCUT2D eigenvalue weighted by Gasteiger charge is 2.51. The quantitative estimate of drug-likeness (QED) is 0.0147. The molecule has 0 spiro atoms. The van der Waals surface area contributed by atoms with Crippen LogP contribution >= 0.6 is 7.82 Å². The van der Waals surface area contributed by atoms with Crippen molar-refractivity contribution in [1.29, 1.82) is 0 Å². The molecule has 12 nitrogen and oxygen atoms in total. The number of hydrogen-bond acceptors (Lipinski definition) is 11. The van der Waals surface area contributed by atoms with Gasteiger partial charge < -0.3 is 39.9 Å². The predicted molar refractivity (Wildman–Crippen MR) is 263 cm³/mol. The van der Waals surface area contributed by atoms with Crippen LogP contribution in [-0.2, 0) is 27.9 Å². The molecule has 1 aliphatic rings. The Morgan fingerprint density at radius 1 is 0.492 bits per heavy atom. The zero-order chi connectivity index (χ0) is 47.6. The Morgan fingerprint density at radius 3 is 1.31 bits per heavy atom. The van der Waals surface area contributed by atoms with Crippen LogP contribution in [0, 0.1) is 0 Å². The number of aliphatic hydroxyl groups is 5. The molecule has 0 aromatic carbocycles. The summed E-state index contributed by atoms with van der Waals surface area (Å²) in [5.74, 6) is -0.486. The Hall–Kier alpha value is -1.18. The van der Waals surface area contributed by atoms with E-state index in [0.29, 0.717) is 13.0 Å². The molecule has 0 bridgehead atoms. The van der Waals surface area contributed by atoms with Crippen molar-refractivity contribution in [2.75, 3.05) is 19.8 Å². The molecule has 6 unspecified atom stereocenters. The van der Waals surface area contributed by atoms with Crippen LogP contribution in [-0.4, -0.2) is 98.9 Å². The minimum absolute atomic E-state index is 0.0778. The summed E-state index contributed by atoms with van der Waals surface area (Å²) in [5, 5.41) is 50.3. The molecule has 1 rings (SSSR count). The second-order valence-electron chi connectivity index (χ2n) is 18.7. The largest absolute Gasteiger partial charge is 0.472 e. The van der Waals surface area contributed by atoms with E-state index in [1.54, 1.807) is 0 Å². The highest BCUT2D eigenvalue weighted by atomic mass is 31.2. The number of phosphoric acid groups is 1. The second kappa shape index (κ2) is 42.9. The number of carbonyl (C=O) groups is 1. The van der Waals surface area contributed by atoms with Gasteiger partial charge in [-0.25, -0.2) is 4.57 Å². The van der Waals surface area contributed by atoms with Crippen LogP contribution in [0.3, 0.4) is 0 Å². The Morgan fingerprint density at radius 2 is 0.862 bits per heavy atom. The Balaban J connectivity index is 2.31. The summed E-state index contributed by atoms with van der Waals surface area (Å²) < 4.78 is 34.3. The molecule has 1 aliphatic carbocycles. The molecular formula is C52H99O12P. The molecule has 0 aliphatic heterocycles. The van der Waals surface area contributed by atoms with Crippen LogP contribution in [0.4, 0.5) is 0 Å². The van der Waals surface area contributed by atoms with E-state index in [9.17, 15) is 39.8 Å². The van der Waals surface area contributed by atoms with E-state index in [0.717, 1.165) is 64.2 Å². The number of carbonyl (C=O) groups excluding carboxylic acids is 1.